The smallest absolute Gasteiger partial charge is 0.233 e. The van der Waals surface area contributed by atoms with Crippen LogP contribution in [0.4, 0.5) is 0 Å². The third-order valence-electron chi connectivity index (χ3n) is 0.683. The summed E-state index contributed by atoms with van der Waals surface area (Å²) in [4.78, 5) is 0. The minimum Gasteiger partial charge on any atom is -0.417 e. The molecule has 0 aliphatic heterocycles. The topological polar surface area (TPSA) is 9.23 Å². The van der Waals surface area contributed by atoms with Gasteiger partial charge in [-0.15, -0.1) is 0 Å². The number of allylic oxidation sites excluding steroid dienone is 2. The Morgan fingerprint density at radius 2 is 2.38 bits per heavy atom. The maximum absolute atomic E-state index is 5.11. The molecule has 0 heterocycles. The van der Waals surface area contributed by atoms with E-state index in [1.165, 1.54) is 0 Å². The van der Waals surface area contributed by atoms with Crippen LogP contribution in [-0.2, 0) is 4.43 Å². The molecule has 0 saturated heterocycles. The standard InChI is InChI=1S/C6H12OSi/c1-3-5-6-8-7-4-2/h3,5H,4,6H2,1-2H3/b5-3+. The Morgan fingerprint density at radius 3 is 2.88 bits per heavy atom. The molecule has 0 atom stereocenters. The Hall–Kier alpha value is -0.0831. The second-order valence-electron chi connectivity index (χ2n) is 1.35. The fourth-order valence-corrected chi connectivity index (χ4v) is 0.981. The molecule has 0 rings (SSSR count). The van der Waals surface area contributed by atoms with E-state index in [0.29, 0.717) is 9.76 Å². The average Bonchev–Trinajstić information content (AvgIpc) is 1.81. The third kappa shape index (κ3) is 5.92. The summed E-state index contributed by atoms with van der Waals surface area (Å²) in [6.07, 6.45) is 4.17. The maximum Gasteiger partial charge on any atom is 0.233 e. The first kappa shape index (κ1) is 7.92. The molecule has 2 heteroatoms. The maximum atomic E-state index is 5.11. The van der Waals surface area contributed by atoms with Crippen LogP contribution < -0.4 is 0 Å². The highest BCUT2D eigenvalue weighted by Crippen LogP contribution is 1.81. The molecular weight excluding hydrogens is 116 g/mol. The summed E-state index contributed by atoms with van der Waals surface area (Å²) in [5.74, 6) is 0. The number of hydrogen-bond acceptors (Lipinski definition) is 1. The summed E-state index contributed by atoms with van der Waals surface area (Å²) in [5.41, 5.74) is 0. The zero-order valence-corrected chi connectivity index (χ0v) is 6.48. The van der Waals surface area contributed by atoms with E-state index in [1.807, 2.05) is 19.9 Å². The molecule has 0 aliphatic rings. The fraction of sp³-hybridized carbons (Fsp3) is 0.667. The predicted octanol–water partition coefficient (Wildman–Crippen LogP) is 1.64. The van der Waals surface area contributed by atoms with Gasteiger partial charge in [-0.25, -0.2) is 0 Å². The van der Waals surface area contributed by atoms with Crippen molar-refractivity contribution in [2.75, 3.05) is 6.61 Å². The van der Waals surface area contributed by atoms with Crippen LogP contribution in [-0.4, -0.2) is 16.4 Å². The van der Waals surface area contributed by atoms with E-state index >= 15 is 0 Å². The lowest BCUT2D eigenvalue weighted by Gasteiger charge is -1.90. The van der Waals surface area contributed by atoms with Gasteiger partial charge in [-0.2, -0.15) is 0 Å². The number of rotatable bonds is 4. The first-order valence-electron chi connectivity index (χ1n) is 2.87. The van der Waals surface area contributed by atoms with Gasteiger partial charge >= 0.3 is 0 Å². The zero-order chi connectivity index (χ0) is 6.24. The van der Waals surface area contributed by atoms with Crippen LogP contribution in [0.5, 0.6) is 0 Å². The first-order chi connectivity index (χ1) is 3.91. The van der Waals surface area contributed by atoms with Gasteiger partial charge in [-0.1, -0.05) is 12.2 Å². The fourth-order valence-electron chi connectivity index (χ4n) is 0.327. The molecule has 1 nitrogen and oxygen atoms in total. The minimum absolute atomic E-state index is 0.652. The Labute approximate surface area is 53.7 Å². The molecule has 0 saturated carbocycles. The highest BCUT2D eigenvalue weighted by molar-refractivity contribution is 6.27. The molecule has 46 valence electrons. The Kier molecular flexibility index (Phi) is 6.85. The van der Waals surface area contributed by atoms with Gasteiger partial charge in [0, 0.05) is 6.61 Å². The van der Waals surface area contributed by atoms with Gasteiger partial charge in [0.15, 0.2) is 0 Å². The van der Waals surface area contributed by atoms with Crippen molar-refractivity contribution in [3.63, 3.8) is 0 Å². The molecule has 0 spiro atoms. The molecular formula is C6H12OSi. The van der Waals surface area contributed by atoms with Crippen molar-refractivity contribution in [1.82, 2.24) is 0 Å². The molecule has 0 aromatic heterocycles. The first-order valence-corrected chi connectivity index (χ1v) is 3.99. The van der Waals surface area contributed by atoms with Crippen molar-refractivity contribution in [2.45, 2.75) is 19.9 Å². The van der Waals surface area contributed by atoms with E-state index in [0.717, 1.165) is 12.7 Å². The monoisotopic (exact) mass is 128 g/mol. The summed E-state index contributed by atoms with van der Waals surface area (Å²) in [7, 11) is 0.652. The SMILES string of the molecule is C/C=C/C[Si]OCC. The normalized spacial score (nSPS) is 10.8. The minimum atomic E-state index is 0.652. The van der Waals surface area contributed by atoms with Crippen LogP contribution in [0.1, 0.15) is 13.8 Å². The van der Waals surface area contributed by atoms with E-state index in [9.17, 15) is 0 Å². The Morgan fingerprint density at radius 1 is 1.62 bits per heavy atom. The van der Waals surface area contributed by atoms with Crippen LogP contribution in [0.2, 0.25) is 6.04 Å². The summed E-state index contributed by atoms with van der Waals surface area (Å²) in [6, 6.07) is 1.07. The second kappa shape index (κ2) is 6.92. The van der Waals surface area contributed by atoms with Crippen LogP contribution in [0.15, 0.2) is 12.2 Å². The lowest BCUT2D eigenvalue weighted by Crippen LogP contribution is -1.94. The molecule has 0 unspecified atom stereocenters. The van der Waals surface area contributed by atoms with Crippen molar-refractivity contribution in [2.24, 2.45) is 0 Å². The van der Waals surface area contributed by atoms with E-state index in [1.54, 1.807) is 0 Å². The van der Waals surface area contributed by atoms with Gasteiger partial charge in [0.1, 0.15) is 0 Å². The highest BCUT2D eigenvalue weighted by atomic mass is 28.2. The molecule has 0 fully saturated rings. The Bertz CT molecular complexity index is 61.5. The van der Waals surface area contributed by atoms with Gasteiger partial charge < -0.3 is 4.43 Å². The van der Waals surface area contributed by atoms with Crippen molar-refractivity contribution in [3.05, 3.63) is 12.2 Å². The van der Waals surface area contributed by atoms with Gasteiger partial charge in [0.05, 0.1) is 0 Å². The van der Waals surface area contributed by atoms with E-state index in [2.05, 4.69) is 6.08 Å². The quantitative estimate of drug-likeness (QED) is 0.318. The summed E-state index contributed by atoms with van der Waals surface area (Å²) in [5, 5.41) is 0. The van der Waals surface area contributed by atoms with Gasteiger partial charge in [-0.05, 0) is 19.9 Å². The molecule has 0 bridgehead atoms. The lowest BCUT2D eigenvalue weighted by molar-refractivity contribution is 0.362. The van der Waals surface area contributed by atoms with Crippen molar-refractivity contribution >= 4 is 9.76 Å². The summed E-state index contributed by atoms with van der Waals surface area (Å²) < 4.78 is 5.11. The van der Waals surface area contributed by atoms with E-state index < -0.39 is 0 Å². The van der Waals surface area contributed by atoms with Crippen LogP contribution in [0.3, 0.4) is 0 Å². The molecule has 0 aromatic rings. The van der Waals surface area contributed by atoms with E-state index in [-0.39, 0.29) is 0 Å². The zero-order valence-electron chi connectivity index (χ0n) is 5.48. The molecule has 0 aliphatic carbocycles. The van der Waals surface area contributed by atoms with Crippen molar-refractivity contribution in [3.8, 4) is 0 Å². The van der Waals surface area contributed by atoms with Crippen LogP contribution >= 0.6 is 0 Å². The highest BCUT2D eigenvalue weighted by Gasteiger charge is 1.81. The van der Waals surface area contributed by atoms with Crippen LogP contribution in [0, 0.1) is 0 Å². The summed E-state index contributed by atoms with van der Waals surface area (Å²) >= 11 is 0. The van der Waals surface area contributed by atoms with Crippen LogP contribution in [0.25, 0.3) is 0 Å². The molecule has 0 aromatic carbocycles. The molecule has 2 radical (unpaired) electrons. The second-order valence-corrected chi connectivity index (χ2v) is 2.34. The lowest BCUT2D eigenvalue weighted by atomic mass is 10.6. The van der Waals surface area contributed by atoms with Gasteiger partial charge in [0.2, 0.25) is 9.76 Å². The third-order valence-corrected chi connectivity index (χ3v) is 1.58. The van der Waals surface area contributed by atoms with Gasteiger partial charge in [-0.3, -0.25) is 0 Å². The predicted molar refractivity (Wildman–Crippen MR) is 37.0 cm³/mol. The van der Waals surface area contributed by atoms with Crippen molar-refractivity contribution < 1.29 is 4.43 Å². The number of hydrogen-bond donors (Lipinski definition) is 0. The summed E-state index contributed by atoms with van der Waals surface area (Å²) in [6.45, 7) is 4.88. The van der Waals surface area contributed by atoms with Gasteiger partial charge in [0.25, 0.3) is 0 Å². The van der Waals surface area contributed by atoms with Crippen molar-refractivity contribution in [1.29, 1.82) is 0 Å². The molecule has 0 amide bonds. The van der Waals surface area contributed by atoms with E-state index in [4.69, 9.17) is 4.43 Å². The molecule has 8 heavy (non-hydrogen) atoms. The molecule has 0 N–H and O–H groups in total. The average molecular weight is 128 g/mol. The largest absolute Gasteiger partial charge is 0.417 e. The Balaban J connectivity index is 2.72.